The van der Waals surface area contributed by atoms with Crippen LogP contribution in [-0.4, -0.2) is 59.1 Å². The van der Waals surface area contributed by atoms with Crippen LogP contribution in [-0.2, 0) is 22.7 Å². The van der Waals surface area contributed by atoms with Crippen LogP contribution in [0.5, 0.6) is 0 Å². The van der Waals surface area contributed by atoms with Crippen molar-refractivity contribution in [3.63, 3.8) is 0 Å². The summed E-state index contributed by atoms with van der Waals surface area (Å²) in [6.07, 6.45) is 0.310. The van der Waals surface area contributed by atoms with E-state index < -0.39 is 23.8 Å². The number of carbonyl (C=O) groups is 4. The predicted molar refractivity (Wildman–Crippen MR) is 93.6 cm³/mol. The second kappa shape index (κ2) is 5.97. The maximum Gasteiger partial charge on any atom is 0.262 e. The van der Waals surface area contributed by atoms with Gasteiger partial charge in [-0.1, -0.05) is 0 Å². The van der Waals surface area contributed by atoms with E-state index in [-0.39, 0.29) is 18.7 Å². The lowest BCUT2D eigenvalue weighted by Crippen LogP contribution is -2.54. The van der Waals surface area contributed by atoms with Crippen molar-refractivity contribution < 1.29 is 19.2 Å². The number of nitrogens with one attached hydrogen (secondary N) is 2. The molecule has 0 aromatic heterocycles. The maximum absolute atomic E-state index is 12.9. The molecule has 0 saturated carbocycles. The first-order valence-electron chi connectivity index (χ1n) is 9.31. The van der Waals surface area contributed by atoms with E-state index in [9.17, 15) is 19.2 Å². The van der Waals surface area contributed by atoms with Gasteiger partial charge in [0.25, 0.3) is 11.8 Å². The molecule has 2 fully saturated rings. The van der Waals surface area contributed by atoms with Gasteiger partial charge in [-0.05, 0) is 35.6 Å². The topological polar surface area (TPSA) is 98.8 Å². The van der Waals surface area contributed by atoms with E-state index in [1.165, 1.54) is 0 Å². The Labute approximate surface area is 155 Å². The van der Waals surface area contributed by atoms with Gasteiger partial charge in [-0.2, -0.15) is 0 Å². The van der Waals surface area contributed by atoms with Crippen molar-refractivity contribution in [2.24, 2.45) is 5.92 Å². The molecule has 8 heteroatoms. The van der Waals surface area contributed by atoms with Gasteiger partial charge in [-0.3, -0.25) is 34.3 Å². The third kappa shape index (κ3) is 2.59. The van der Waals surface area contributed by atoms with Crippen molar-refractivity contribution in [3.8, 4) is 0 Å². The summed E-state index contributed by atoms with van der Waals surface area (Å²) in [4.78, 5) is 52.6. The Morgan fingerprint density at radius 2 is 1.59 bits per heavy atom. The van der Waals surface area contributed by atoms with Gasteiger partial charge in [0.05, 0.1) is 11.1 Å². The van der Waals surface area contributed by atoms with Gasteiger partial charge in [-0.25, -0.2) is 0 Å². The summed E-state index contributed by atoms with van der Waals surface area (Å²) in [5.41, 5.74) is 2.89. The van der Waals surface area contributed by atoms with Crippen LogP contribution in [0.1, 0.15) is 44.7 Å². The Kier molecular flexibility index (Phi) is 3.66. The highest BCUT2D eigenvalue weighted by Gasteiger charge is 2.45. The molecule has 0 bridgehead atoms. The first kappa shape index (κ1) is 16.6. The van der Waals surface area contributed by atoms with E-state index in [0.29, 0.717) is 17.0 Å². The molecule has 140 valence electrons. The second-order valence-corrected chi connectivity index (χ2v) is 7.81. The van der Waals surface area contributed by atoms with Crippen LogP contribution in [0.2, 0.25) is 0 Å². The summed E-state index contributed by atoms with van der Waals surface area (Å²) in [6, 6.07) is 2.72. The van der Waals surface area contributed by atoms with E-state index in [4.69, 9.17) is 0 Å². The Morgan fingerprint density at radius 1 is 0.963 bits per heavy atom. The fourth-order valence-corrected chi connectivity index (χ4v) is 4.41. The zero-order valence-electron chi connectivity index (χ0n) is 14.8. The van der Waals surface area contributed by atoms with E-state index >= 15 is 0 Å². The monoisotopic (exact) mass is 368 g/mol. The molecule has 4 heterocycles. The molecule has 2 N–H and O–H groups in total. The predicted octanol–water partition coefficient (Wildman–Crippen LogP) is -0.377. The molecule has 5 rings (SSSR count). The molecule has 1 unspecified atom stereocenters. The summed E-state index contributed by atoms with van der Waals surface area (Å²) in [5, 5.41) is 5.49. The van der Waals surface area contributed by atoms with E-state index in [2.05, 4.69) is 15.5 Å². The molecule has 2 saturated heterocycles. The fraction of sp³-hybridized carbons (Fsp3) is 0.474. The normalized spacial score (nSPS) is 25.5. The van der Waals surface area contributed by atoms with Gasteiger partial charge in [0.2, 0.25) is 11.8 Å². The van der Waals surface area contributed by atoms with Crippen LogP contribution in [0.3, 0.4) is 0 Å². The van der Waals surface area contributed by atoms with Crippen LogP contribution < -0.4 is 10.6 Å². The highest BCUT2D eigenvalue weighted by Crippen LogP contribution is 2.33. The molecule has 1 aromatic carbocycles. The lowest BCUT2D eigenvalue weighted by Gasteiger charge is -2.31. The average molecular weight is 368 g/mol. The van der Waals surface area contributed by atoms with Crippen molar-refractivity contribution >= 4 is 23.6 Å². The molecule has 4 aliphatic heterocycles. The molecule has 27 heavy (non-hydrogen) atoms. The minimum absolute atomic E-state index is 0.130. The van der Waals surface area contributed by atoms with E-state index in [0.717, 1.165) is 48.8 Å². The van der Waals surface area contributed by atoms with Gasteiger partial charge in [-0.15, -0.1) is 0 Å². The van der Waals surface area contributed by atoms with Crippen molar-refractivity contribution in [3.05, 3.63) is 34.4 Å². The SMILES string of the molecule is O=C1CCC(N2C(=O)c3cc4c(cc3C2=O)CN(CC2CNC2)C4)C(=O)N1. The van der Waals surface area contributed by atoms with E-state index in [1.54, 1.807) is 0 Å². The molecule has 4 aliphatic rings. The number of rotatable bonds is 3. The molecule has 0 spiro atoms. The average Bonchev–Trinajstić information content (AvgIpc) is 3.09. The Balaban J connectivity index is 1.39. The molecule has 4 amide bonds. The largest absolute Gasteiger partial charge is 0.316 e. The third-order valence-corrected chi connectivity index (χ3v) is 5.93. The summed E-state index contributed by atoms with van der Waals surface area (Å²) in [7, 11) is 0. The Bertz CT molecular complexity index is 847. The summed E-state index contributed by atoms with van der Waals surface area (Å²) in [6.45, 7) is 4.65. The highest BCUT2D eigenvalue weighted by molar-refractivity contribution is 6.23. The number of hydrogen-bond acceptors (Lipinski definition) is 6. The maximum atomic E-state index is 12.9. The number of piperidine rings is 1. The van der Waals surface area contributed by atoms with E-state index in [1.807, 2.05) is 12.1 Å². The number of hydrogen-bond donors (Lipinski definition) is 2. The van der Waals surface area contributed by atoms with Crippen molar-refractivity contribution in [2.75, 3.05) is 19.6 Å². The number of benzene rings is 1. The van der Waals surface area contributed by atoms with Gasteiger partial charge in [0.1, 0.15) is 6.04 Å². The summed E-state index contributed by atoms with van der Waals surface area (Å²) >= 11 is 0. The van der Waals surface area contributed by atoms with Crippen LogP contribution in [0, 0.1) is 5.92 Å². The fourth-order valence-electron chi connectivity index (χ4n) is 4.41. The number of fused-ring (bicyclic) bond motifs is 2. The lowest BCUT2D eigenvalue weighted by atomic mass is 10.0. The van der Waals surface area contributed by atoms with Crippen LogP contribution in [0.4, 0.5) is 0 Å². The lowest BCUT2D eigenvalue weighted by molar-refractivity contribution is -0.136. The van der Waals surface area contributed by atoms with Crippen molar-refractivity contribution in [1.82, 2.24) is 20.4 Å². The molecule has 0 radical (unpaired) electrons. The highest BCUT2D eigenvalue weighted by atomic mass is 16.2. The zero-order chi connectivity index (χ0) is 18.7. The first-order valence-corrected chi connectivity index (χ1v) is 9.31. The second-order valence-electron chi connectivity index (χ2n) is 7.81. The van der Waals surface area contributed by atoms with Crippen molar-refractivity contribution in [1.29, 1.82) is 0 Å². The number of carbonyl (C=O) groups excluding carboxylic acids is 4. The quantitative estimate of drug-likeness (QED) is 0.706. The van der Waals surface area contributed by atoms with Crippen LogP contribution >= 0.6 is 0 Å². The van der Waals surface area contributed by atoms with Gasteiger partial charge >= 0.3 is 0 Å². The molecule has 1 aromatic rings. The first-order chi connectivity index (χ1) is 13.0. The number of amides is 4. The zero-order valence-corrected chi connectivity index (χ0v) is 14.8. The van der Waals surface area contributed by atoms with Crippen LogP contribution in [0.15, 0.2) is 12.1 Å². The van der Waals surface area contributed by atoms with Crippen molar-refractivity contribution in [2.45, 2.75) is 32.0 Å². The van der Waals surface area contributed by atoms with Gasteiger partial charge in [0.15, 0.2) is 0 Å². The summed E-state index contributed by atoms with van der Waals surface area (Å²) < 4.78 is 0. The minimum Gasteiger partial charge on any atom is -0.316 e. The molecule has 8 nitrogen and oxygen atoms in total. The standard InChI is InChI=1S/C19H20N4O4/c24-16-2-1-15(17(25)21-16)23-18(26)13-3-11-8-22(7-10-5-20-6-10)9-12(11)4-14(13)19(23)27/h3-4,10,15,20H,1-2,5-9H2,(H,21,24,25). The molecular formula is C19H20N4O4. The van der Waals surface area contributed by atoms with Crippen LogP contribution in [0.25, 0.3) is 0 Å². The molecular weight excluding hydrogens is 348 g/mol. The molecule has 0 aliphatic carbocycles. The smallest absolute Gasteiger partial charge is 0.262 e. The number of nitrogens with zero attached hydrogens (tertiary/aromatic N) is 2. The summed E-state index contributed by atoms with van der Waals surface area (Å²) in [5.74, 6) is -1.15. The van der Waals surface area contributed by atoms with Gasteiger partial charge < -0.3 is 5.32 Å². The molecule has 1 atom stereocenters. The Morgan fingerprint density at radius 3 is 2.11 bits per heavy atom. The minimum atomic E-state index is -0.910. The number of imide groups is 2. The third-order valence-electron chi connectivity index (χ3n) is 5.93. The van der Waals surface area contributed by atoms with Gasteiger partial charge in [0, 0.05) is 39.1 Å². The Hall–Kier alpha value is -2.58.